The van der Waals surface area contributed by atoms with Crippen LogP contribution in [0.5, 0.6) is 0 Å². The van der Waals surface area contributed by atoms with Crippen molar-refractivity contribution in [2.24, 2.45) is 5.92 Å². The highest BCUT2D eigenvalue weighted by Crippen LogP contribution is 2.14. The highest BCUT2D eigenvalue weighted by Gasteiger charge is 2.16. The van der Waals surface area contributed by atoms with Crippen molar-refractivity contribution in [1.82, 2.24) is 9.97 Å². The van der Waals surface area contributed by atoms with Crippen LogP contribution in [0.3, 0.4) is 0 Å². The number of carbonyl (C=O) groups excluding carboxylic acids is 2. The standard InChI is InChI=1S/C26H34N4O2/c1-6-29(7-2)25-16-12-21(18-27-25)10-14-23(31)20(5)24(32)15-11-22-13-17-26(28-19-22)30(8-3)9-4/h10-20H,6-9H2,1-5H3/b14-10+,15-11+. The summed E-state index contributed by atoms with van der Waals surface area (Å²) in [4.78, 5) is 38.1. The molecule has 2 rings (SSSR count). The maximum absolute atomic E-state index is 12.4. The average molecular weight is 435 g/mol. The van der Waals surface area contributed by atoms with Gasteiger partial charge in [0.25, 0.3) is 0 Å². The summed E-state index contributed by atoms with van der Waals surface area (Å²) in [5.74, 6) is 0.608. The third kappa shape index (κ3) is 6.87. The Morgan fingerprint density at radius 2 is 1.12 bits per heavy atom. The van der Waals surface area contributed by atoms with Crippen molar-refractivity contribution in [3.05, 3.63) is 59.9 Å². The number of hydrogen-bond acceptors (Lipinski definition) is 6. The fraction of sp³-hybridized carbons (Fsp3) is 0.385. The van der Waals surface area contributed by atoms with E-state index in [1.165, 1.54) is 12.2 Å². The van der Waals surface area contributed by atoms with Crippen LogP contribution >= 0.6 is 0 Å². The smallest absolute Gasteiger partial charge is 0.166 e. The second kappa shape index (κ2) is 12.5. The number of hydrogen-bond donors (Lipinski definition) is 0. The molecule has 0 N–H and O–H groups in total. The van der Waals surface area contributed by atoms with Crippen molar-refractivity contribution in [3.8, 4) is 0 Å². The van der Waals surface area contributed by atoms with Crippen LogP contribution in [0.15, 0.2) is 48.8 Å². The molecule has 0 amide bonds. The van der Waals surface area contributed by atoms with E-state index in [1.807, 2.05) is 24.3 Å². The molecule has 0 saturated carbocycles. The van der Waals surface area contributed by atoms with Crippen LogP contribution in [0.2, 0.25) is 0 Å². The molecule has 0 atom stereocenters. The van der Waals surface area contributed by atoms with Gasteiger partial charge >= 0.3 is 0 Å². The lowest BCUT2D eigenvalue weighted by Gasteiger charge is -2.19. The molecule has 0 saturated heterocycles. The highest BCUT2D eigenvalue weighted by atomic mass is 16.1. The summed E-state index contributed by atoms with van der Waals surface area (Å²) in [6.45, 7) is 13.5. The Labute approximate surface area is 191 Å². The van der Waals surface area contributed by atoms with E-state index in [2.05, 4.69) is 47.5 Å². The monoisotopic (exact) mass is 434 g/mol. The zero-order chi connectivity index (χ0) is 23.5. The first-order valence-electron chi connectivity index (χ1n) is 11.3. The molecule has 0 fully saturated rings. The average Bonchev–Trinajstić information content (AvgIpc) is 2.83. The largest absolute Gasteiger partial charge is 0.357 e. The van der Waals surface area contributed by atoms with Crippen molar-refractivity contribution in [1.29, 1.82) is 0 Å². The van der Waals surface area contributed by atoms with E-state index in [9.17, 15) is 9.59 Å². The zero-order valence-corrected chi connectivity index (χ0v) is 19.8. The maximum atomic E-state index is 12.4. The topological polar surface area (TPSA) is 66.4 Å². The molecule has 6 heteroatoms. The predicted molar refractivity (Wildman–Crippen MR) is 133 cm³/mol. The van der Waals surface area contributed by atoms with Crippen molar-refractivity contribution < 1.29 is 9.59 Å². The lowest BCUT2D eigenvalue weighted by atomic mass is 9.99. The summed E-state index contributed by atoms with van der Waals surface area (Å²) in [7, 11) is 0. The molecule has 0 bridgehead atoms. The second-order valence-corrected chi connectivity index (χ2v) is 7.44. The summed E-state index contributed by atoms with van der Waals surface area (Å²) >= 11 is 0. The van der Waals surface area contributed by atoms with Crippen LogP contribution in [-0.4, -0.2) is 47.7 Å². The number of ketones is 2. The Hall–Kier alpha value is -3.28. The molecule has 170 valence electrons. The molecule has 0 unspecified atom stereocenters. The van der Waals surface area contributed by atoms with Gasteiger partial charge in [-0.15, -0.1) is 0 Å². The van der Waals surface area contributed by atoms with E-state index in [1.54, 1.807) is 31.5 Å². The summed E-state index contributed by atoms with van der Waals surface area (Å²) in [5, 5.41) is 0. The molecule has 0 spiro atoms. The minimum atomic E-state index is -0.742. The third-order valence-corrected chi connectivity index (χ3v) is 5.45. The number of nitrogens with zero attached hydrogens (tertiary/aromatic N) is 4. The van der Waals surface area contributed by atoms with Gasteiger partial charge in [-0.2, -0.15) is 0 Å². The van der Waals surface area contributed by atoms with E-state index < -0.39 is 5.92 Å². The summed E-state index contributed by atoms with van der Waals surface area (Å²) in [6, 6.07) is 7.72. The van der Waals surface area contributed by atoms with Gasteiger partial charge in [0.2, 0.25) is 0 Å². The molecule has 32 heavy (non-hydrogen) atoms. The van der Waals surface area contributed by atoms with Gasteiger partial charge in [0.1, 0.15) is 11.6 Å². The van der Waals surface area contributed by atoms with Crippen molar-refractivity contribution >= 4 is 35.4 Å². The Morgan fingerprint density at radius 1 is 0.750 bits per heavy atom. The minimum absolute atomic E-state index is 0.234. The number of anilines is 2. The van der Waals surface area contributed by atoms with Gasteiger partial charge in [0.05, 0.1) is 5.92 Å². The van der Waals surface area contributed by atoms with Crippen LogP contribution < -0.4 is 9.80 Å². The SMILES string of the molecule is CCN(CC)c1ccc(/C=C/C(=O)C(C)C(=O)/C=C/c2ccc(N(CC)CC)nc2)cn1. The van der Waals surface area contributed by atoms with Crippen molar-refractivity contribution in [2.45, 2.75) is 34.6 Å². The second-order valence-electron chi connectivity index (χ2n) is 7.44. The van der Waals surface area contributed by atoms with Crippen molar-refractivity contribution in [3.63, 3.8) is 0 Å². The number of allylic oxidation sites excluding steroid dienone is 2. The van der Waals surface area contributed by atoms with Crippen LogP contribution in [0.4, 0.5) is 11.6 Å². The van der Waals surface area contributed by atoms with E-state index in [0.717, 1.165) is 48.9 Å². The fourth-order valence-electron chi connectivity index (χ4n) is 3.25. The van der Waals surface area contributed by atoms with Gasteiger partial charge in [-0.25, -0.2) is 9.97 Å². The van der Waals surface area contributed by atoms with Gasteiger partial charge in [-0.1, -0.05) is 0 Å². The first-order valence-corrected chi connectivity index (χ1v) is 11.3. The van der Waals surface area contributed by atoms with Gasteiger partial charge in [-0.05, 0) is 94.3 Å². The van der Waals surface area contributed by atoms with E-state index in [0.29, 0.717) is 0 Å². The van der Waals surface area contributed by atoms with Gasteiger partial charge < -0.3 is 9.80 Å². The summed E-state index contributed by atoms with van der Waals surface area (Å²) in [5.41, 5.74) is 1.65. The van der Waals surface area contributed by atoms with Crippen molar-refractivity contribution in [2.75, 3.05) is 36.0 Å². The molecular weight excluding hydrogens is 400 g/mol. The van der Waals surface area contributed by atoms with E-state index in [4.69, 9.17) is 0 Å². The quantitative estimate of drug-likeness (QED) is 0.357. The molecule has 2 aromatic rings. The van der Waals surface area contributed by atoms with Gasteiger partial charge in [0.15, 0.2) is 11.6 Å². The lowest BCUT2D eigenvalue weighted by molar-refractivity contribution is -0.126. The number of rotatable bonds is 12. The minimum Gasteiger partial charge on any atom is -0.357 e. The first-order chi connectivity index (χ1) is 15.4. The molecular formula is C26H34N4O2. The Bertz CT molecular complexity index is 848. The van der Waals surface area contributed by atoms with Gasteiger partial charge in [-0.3, -0.25) is 9.59 Å². The normalized spacial score (nSPS) is 11.4. The molecule has 0 aliphatic heterocycles. The summed E-state index contributed by atoms with van der Waals surface area (Å²) < 4.78 is 0. The lowest BCUT2D eigenvalue weighted by Crippen LogP contribution is -2.22. The van der Waals surface area contributed by atoms with Crippen LogP contribution in [0.25, 0.3) is 12.2 Å². The Kier molecular flexibility index (Phi) is 9.79. The van der Waals surface area contributed by atoms with Gasteiger partial charge in [0, 0.05) is 38.6 Å². The molecule has 0 aromatic carbocycles. The van der Waals surface area contributed by atoms with E-state index in [-0.39, 0.29) is 11.6 Å². The molecule has 2 heterocycles. The van der Waals surface area contributed by atoms with Crippen LogP contribution in [-0.2, 0) is 9.59 Å². The Balaban J connectivity index is 1.96. The van der Waals surface area contributed by atoms with Crippen LogP contribution in [0.1, 0.15) is 45.7 Å². The molecule has 2 aromatic heterocycles. The predicted octanol–water partition coefficient (Wildman–Crippen LogP) is 4.67. The zero-order valence-electron chi connectivity index (χ0n) is 19.8. The van der Waals surface area contributed by atoms with Crippen LogP contribution in [0, 0.1) is 5.92 Å². The first kappa shape index (κ1) is 25.0. The molecule has 0 radical (unpaired) electrons. The highest BCUT2D eigenvalue weighted by molar-refractivity contribution is 6.13. The summed E-state index contributed by atoms with van der Waals surface area (Å²) in [6.07, 6.45) is 9.77. The molecule has 6 nitrogen and oxygen atoms in total. The number of pyridine rings is 2. The van der Waals surface area contributed by atoms with E-state index >= 15 is 0 Å². The Morgan fingerprint density at radius 3 is 1.41 bits per heavy atom. The fourth-order valence-corrected chi connectivity index (χ4v) is 3.25. The number of carbonyl (C=O) groups is 2. The number of aromatic nitrogens is 2. The molecule has 0 aliphatic carbocycles. The third-order valence-electron chi connectivity index (χ3n) is 5.45. The molecule has 0 aliphatic rings. The maximum Gasteiger partial charge on any atom is 0.166 e.